The van der Waals surface area contributed by atoms with Crippen molar-refractivity contribution in [2.45, 2.75) is 69.7 Å². The van der Waals surface area contributed by atoms with Crippen LogP contribution in [0.1, 0.15) is 55.7 Å². The first-order valence-electron chi connectivity index (χ1n) is 14.7. The zero-order valence-corrected chi connectivity index (χ0v) is 25.0. The summed E-state index contributed by atoms with van der Waals surface area (Å²) < 4.78 is 0. The zero-order chi connectivity index (χ0) is 30.8. The molecule has 4 atom stereocenters. The molecule has 0 heterocycles. The minimum Gasteiger partial charge on any atom is -0.508 e. The molecule has 0 aliphatic heterocycles. The Bertz CT molecular complexity index is 1410. The van der Waals surface area contributed by atoms with Gasteiger partial charge < -0.3 is 31.1 Å². The Hall–Kier alpha value is -3.41. The molecule has 0 unspecified atom stereocenters. The maximum Gasteiger partial charge on any atom is 0.255 e. The van der Waals surface area contributed by atoms with E-state index in [0.717, 1.165) is 30.6 Å². The molecule has 1 aromatic carbocycles. The Morgan fingerprint density at radius 3 is 2.29 bits per heavy atom. The molecule has 0 aromatic heterocycles. The average Bonchev–Trinajstić information content (AvgIpc) is 3.43. The van der Waals surface area contributed by atoms with Gasteiger partial charge in [-0.05, 0) is 69.4 Å². The van der Waals surface area contributed by atoms with Gasteiger partial charge in [-0.3, -0.25) is 24.2 Å². The Balaban J connectivity index is 1.67. The number of rotatable bonds is 7. The van der Waals surface area contributed by atoms with Crippen molar-refractivity contribution < 1.29 is 34.8 Å². The second-order valence-electron chi connectivity index (χ2n) is 12.6. The van der Waals surface area contributed by atoms with Crippen molar-refractivity contribution in [3.8, 4) is 5.75 Å². The maximum atomic E-state index is 14.1. The van der Waals surface area contributed by atoms with Crippen molar-refractivity contribution in [1.29, 1.82) is 0 Å². The summed E-state index contributed by atoms with van der Waals surface area (Å²) in [6, 6.07) is 0.993. The lowest BCUT2D eigenvalue weighted by Crippen LogP contribution is -2.65. The van der Waals surface area contributed by atoms with Crippen molar-refractivity contribution in [2.24, 2.45) is 17.6 Å². The lowest BCUT2D eigenvalue weighted by atomic mass is 9.57. The second kappa shape index (κ2) is 10.7. The number of aliphatic hydroxyl groups is 3. The molecule has 4 aliphatic carbocycles. The van der Waals surface area contributed by atoms with E-state index in [1.165, 1.54) is 17.7 Å². The standard InChI is InChI=1S/C31H42N4O7/c1-6-35(17-9-7-8-10-17)14-16-13-20(36)22-18(24(16)33(2)3)11-15-12-19-25(34(4)5)27(38)23(30(32)41)29(40)31(19,42)28(39)21(15)26(22)37/h13,15,17,19,25,36-37,40,42H,6-12,14H2,1-5H3,(H2,32,41)/t15-,19-,25-,31-/m0/s1. The number of fused-ring (bicyclic) bond motifs is 3. The second-order valence-corrected chi connectivity index (χ2v) is 12.6. The fourth-order valence-electron chi connectivity index (χ4n) is 8.03. The summed E-state index contributed by atoms with van der Waals surface area (Å²) >= 11 is 0. The summed E-state index contributed by atoms with van der Waals surface area (Å²) in [6.07, 6.45) is 4.99. The number of aromatic hydroxyl groups is 1. The number of primary amides is 1. The van der Waals surface area contributed by atoms with Crippen LogP contribution in [0.3, 0.4) is 0 Å². The number of likely N-dealkylation sites (N-methyl/N-ethyl adjacent to an activating group) is 1. The summed E-state index contributed by atoms with van der Waals surface area (Å²) in [5.74, 6) is -6.47. The van der Waals surface area contributed by atoms with Crippen LogP contribution in [0.15, 0.2) is 23.0 Å². The summed E-state index contributed by atoms with van der Waals surface area (Å²) in [7, 11) is 6.98. The van der Waals surface area contributed by atoms with Gasteiger partial charge in [-0.2, -0.15) is 0 Å². The third-order valence-corrected chi connectivity index (χ3v) is 9.84. The molecule has 2 saturated carbocycles. The molecule has 1 amide bonds. The van der Waals surface area contributed by atoms with Gasteiger partial charge in [0, 0.05) is 43.9 Å². The molecule has 1 aromatic rings. The van der Waals surface area contributed by atoms with E-state index >= 15 is 0 Å². The molecule has 0 saturated heterocycles. The molecule has 2 fully saturated rings. The van der Waals surface area contributed by atoms with E-state index in [1.54, 1.807) is 20.2 Å². The molecule has 4 aliphatic rings. The number of nitrogens with two attached hydrogens (primary N) is 1. The van der Waals surface area contributed by atoms with Crippen molar-refractivity contribution in [3.05, 3.63) is 39.7 Å². The van der Waals surface area contributed by atoms with E-state index in [0.29, 0.717) is 18.2 Å². The summed E-state index contributed by atoms with van der Waals surface area (Å²) in [4.78, 5) is 45.5. The number of Topliss-reactive ketones (excluding diaryl/α,β-unsaturated/α-hetero) is 2. The highest BCUT2D eigenvalue weighted by Crippen LogP contribution is 2.54. The first kappa shape index (κ1) is 30.1. The van der Waals surface area contributed by atoms with Crippen LogP contribution < -0.4 is 10.6 Å². The predicted octanol–water partition coefficient (Wildman–Crippen LogP) is 1.79. The number of carbonyl (C=O) groups is 3. The van der Waals surface area contributed by atoms with Crippen molar-refractivity contribution in [1.82, 2.24) is 9.80 Å². The fraction of sp³-hybridized carbons (Fsp3) is 0.581. The van der Waals surface area contributed by atoms with E-state index in [2.05, 4.69) is 11.8 Å². The van der Waals surface area contributed by atoms with Gasteiger partial charge in [-0.1, -0.05) is 19.8 Å². The van der Waals surface area contributed by atoms with Gasteiger partial charge in [-0.15, -0.1) is 0 Å². The maximum absolute atomic E-state index is 14.1. The summed E-state index contributed by atoms with van der Waals surface area (Å²) in [6.45, 7) is 3.60. The van der Waals surface area contributed by atoms with E-state index < -0.39 is 58.0 Å². The quantitative estimate of drug-likeness (QED) is 0.299. The van der Waals surface area contributed by atoms with Crippen LogP contribution in [0.2, 0.25) is 0 Å². The Morgan fingerprint density at radius 1 is 1.10 bits per heavy atom. The van der Waals surface area contributed by atoms with Crippen LogP contribution in [0.5, 0.6) is 5.75 Å². The van der Waals surface area contributed by atoms with Gasteiger partial charge in [0.2, 0.25) is 5.78 Å². The van der Waals surface area contributed by atoms with Crippen molar-refractivity contribution >= 4 is 28.9 Å². The van der Waals surface area contributed by atoms with Gasteiger partial charge in [0.1, 0.15) is 22.8 Å². The number of hydrogen-bond acceptors (Lipinski definition) is 10. The molecule has 11 nitrogen and oxygen atoms in total. The average molecular weight is 583 g/mol. The number of nitrogens with zero attached hydrogens (tertiary/aromatic N) is 3. The molecule has 6 N–H and O–H groups in total. The van der Waals surface area contributed by atoms with E-state index in [4.69, 9.17) is 5.73 Å². The van der Waals surface area contributed by atoms with E-state index in [1.807, 2.05) is 19.0 Å². The molecular weight excluding hydrogens is 540 g/mol. The van der Waals surface area contributed by atoms with Crippen molar-refractivity contribution in [3.63, 3.8) is 0 Å². The normalized spacial score (nSPS) is 28.0. The van der Waals surface area contributed by atoms with Crippen LogP contribution in [0.25, 0.3) is 5.76 Å². The predicted molar refractivity (Wildman–Crippen MR) is 157 cm³/mol. The number of phenolic OH excluding ortho intramolecular Hbond substituents is 1. The van der Waals surface area contributed by atoms with E-state index in [9.17, 15) is 34.8 Å². The van der Waals surface area contributed by atoms with Crippen LogP contribution in [-0.2, 0) is 27.3 Å². The Kier molecular flexibility index (Phi) is 7.66. The number of ketones is 2. The SMILES string of the molecule is CCN(Cc1cc(O)c2c(c1N(C)C)C[C@H]1C[C@H]3[C@H](N(C)C)C(=O)C(C(N)=O)=C(O)[C@@]3(O)C(=O)C1=C2O)C1CCCC1. The zero-order valence-electron chi connectivity index (χ0n) is 25.0. The highest BCUT2D eigenvalue weighted by molar-refractivity contribution is 6.24. The lowest BCUT2D eigenvalue weighted by molar-refractivity contribution is -0.153. The Morgan fingerprint density at radius 2 is 1.74 bits per heavy atom. The first-order valence-corrected chi connectivity index (χ1v) is 14.7. The van der Waals surface area contributed by atoms with Gasteiger partial charge in [0.05, 0.1) is 11.6 Å². The number of hydrogen-bond donors (Lipinski definition) is 5. The first-order chi connectivity index (χ1) is 19.7. The van der Waals surface area contributed by atoms with Crippen LogP contribution in [0.4, 0.5) is 5.69 Å². The molecule has 42 heavy (non-hydrogen) atoms. The minimum atomic E-state index is -2.65. The molecule has 0 bridgehead atoms. The number of phenols is 1. The molecule has 0 radical (unpaired) electrons. The largest absolute Gasteiger partial charge is 0.508 e. The molecule has 228 valence electrons. The third-order valence-electron chi connectivity index (χ3n) is 9.84. The highest BCUT2D eigenvalue weighted by Gasteiger charge is 2.64. The van der Waals surface area contributed by atoms with Crippen molar-refractivity contribution in [2.75, 3.05) is 39.6 Å². The summed E-state index contributed by atoms with van der Waals surface area (Å²) in [5.41, 5.74) is 4.35. The fourth-order valence-corrected chi connectivity index (χ4v) is 8.03. The smallest absolute Gasteiger partial charge is 0.255 e. The number of amides is 1. The van der Waals surface area contributed by atoms with Gasteiger partial charge >= 0.3 is 0 Å². The third kappa shape index (κ3) is 4.32. The Labute approximate surface area is 245 Å². The number of aliphatic hydroxyl groups excluding tert-OH is 2. The highest BCUT2D eigenvalue weighted by atomic mass is 16.3. The van der Waals surface area contributed by atoms with Gasteiger partial charge in [0.15, 0.2) is 11.4 Å². The lowest BCUT2D eigenvalue weighted by Gasteiger charge is -2.50. The van der Waals surface area contributed by atoms with Gasteiger partial charge in [0.25, 0.3) is 5.91 Å². The molecular formula is C31H42N4O7. The van der Waals surface area contributed by atoms with Crippen LogP contribution in [-0.4, -0.2) is 100 Å². The van der Waals surface area contributed by atoms with Gasteiger partial charge in [-0.25, -0.2) is 0 Å². The monoisotopic (exact) mass is 582 g/mol. The number of anilines is 1. The molecule has 11 heteroatoms. The van der Waals surface area contributed by atoms with E-state index in [-0.39, 0.29) is 29.7 Å². The molecule has 5 rings (SSSR count). The topological polar surface area (TPSA) is 168 Å². The number of benzene rings is 1. The molecule has 0 spiro atoms. The minimum absolute atomic E-state index is 0.0623. The number of carbonyl (C=O) groups excluding carboxylic acids is 3. The van der Waals surface area contributed by atoms with Crippen LogP contribution in [0, 0.1) is 11.8 Å². The van der Waals surface area contributed by atoms with Crippen LogP contribution >= 0.6 is 0 Å². The summed E-state index contributed by atoms with van der Waals surface area (Å²) in [5, 5.41) is 45.7.